The fraction of sp³-hybridized carbons (Fsp3) is 0.667. The zero-order chi connectivity index (χ0) is 14.0. The van der Waals surface area contributed by atoms with Crippen molar-refractivity contribution in [2.24, 2.45) is 0 Å². The van der Waals surface area contributed by atoms with Crippen molar-refractivity contribution in [1.29, 1.82) is 0 Å². The van der Waals surface area contributed by atoms with Crippen molar-refractivity contribution in [2.75, 3.05) is 13.1 Å². The molecule has 1 aliphatic rings. The predicted molar refractivity (Wildman–Crippen MR) is 68.8 cm³/mol. The van der Waals surface area contributed by atoms with Gasteiger partial charge in [0.25, 0.3) is 0 Å². The summed E-state index contributed by atoms with van der Waals surface area (Å²) in [6.07, 6.45) is 12.1. The number of rotatable bonds is 5. The summed E-state index contributed by atoms with van der Waals surface area (Å²) in [4.78, 5) is 2.39. The topological polar surface area (TPSA) is 3.24 Å². The Morgan fingerprint density at radius 1 is 1.17 bits per heavy atom. The number of hydrogen-bond acceptors (Lipinski definition) is 1. The Morgan fingerprint density at radius 3 is 2.22 bits per heavy atom. The second-order valence-corrected chi connectivity index (χ2v) is 4.31. The Bertz CT molecular complexity index is 268. The molecule has 0 aliphatic carbocycles. The molecule has 0 spiro atoms. The summed E-state index contributed by atoms with van der Waals surface area (Å²) in [5, 5.41) is 0. The Balaban J connectivity index is 0.000000494. The number of hydrogen-bond donors (Lipinski definition) is 0. The van der Waals surface area contributed by atoms with Crippen LogP contribution in [0, 0.1) is 0 Å². The molecule has 0 atom stereocenters. The normalized spacial score (nSPS) is 15.0. The zero-order valence-corrected chi connectivity index (χ0v) is 11.0. The molecule has 0 fully saturated rings. The fourth-order valence-electron chi connectivity index (χ4n) is 1.52. The van der Waals surface area contributed by atoms with Gasteiger partial charge < -0.3 is 22.2 Å². The maximum atomic E-state index is 9.75. The van der Waals surface area contributed by atoms with Crippen LogP contribution in [0.3, 0.4) is 0 Å². The highest BCUT2D eigenvalue weighted by Gasteiger charge is 2.20. The SMILES string of the molecule is CCCCCCN1C=CC(C)=CC1.F[B-](F)(F)F. The highest BCUT2D eigenvalue weighted by atomic mass is 19.5. The van der Waals surface area contributed by atoms with Gasteiger partial charge in [-0.15, -0.1) is 0 Å². The Labute approximate surface area is 107 Å². The van der Waals surface area contributed by atoms with E-state index in [2.05, 4.69) is 37.1 Å². The molecule has 0 N–H and O–H groups in total. The van der Waals surface area contributed by atoms with Gasteiger partial charge in [-0.05, 0) is 25.6 Å². The van der Waals surface area contributed by atoms with Crippen LogP contribution < -0.4 is 0 Å². The average molecular weight is 266 g/mol. The maximum absolute atomic E-state index is 9.75. The van der Waals surface area contributed by atoms with E-state index in [9.17, 15) is 17.3 Å². The summed E-state index contributed by atoms with van der Waals surface area (Å²) in [7, 11) is -6.00. The van der Waals surface area contributed by atoms with Gasteiger partial charge in [0, 0.05) is 13.1 Å². The minimum atomic E-state index is -6.00. The lowest BCUT2D eigenvalue weighted by molar-refractivity contribution is 0.368. The summed E-state index contributed by atoms with van der Waals surface area (Å²) >= 11 is 0. The van der Waals surface area contributed by atoms with Crippen molar-refractivity contribution in [2.45, 2.75) is 39.5 Å². The van der Waals surface area contributed by atoms with Crippen LogP contribution in [0.5, 0.6) is 0 Å². The van der Waals surface area contributed by atoms with Crippen molar-refractivity contribution < 1.29 is 17.3 Å². The summed E-state index contributed by atoms with van der Waals surface area (Å²) in [5.41, 5.74) is 1.39. The zero-order valence-electron chi connectivity index (χ0n) is 11.0. The third kappa shape index (κ3) is 13.1. The molecule has 0 aromatic carbocycles. The van der Waals surface area contributed by atoms with Crippen molar-refractivity contribution in [3.8, 4) is 0 Å². The third-order valence-corrected chi connectivity index (χ3v) is 2.49. The highest BCUT2D eigenvalue weighted by Crippen LogP contribution is 2.08. The Morgan fingerprint density at radius 2 is 1.78 bits per heavy atom. The number of unbranched alkanes of at least 4 members (excludes halogenated alkanes) is 3. The van der Waals surface area contributed by atoms with Crippen molar-refractivity contribution in [1.82, 2.24) is 4.90 Å². The second kappa shape index (κ2) is 9.06. The number of allylic oxidation sites excluding steroid dienone is 2. The highest BCUT2D eigenvalue weighted by molar-refractivity contribution is 6.50. The third-order valence-electron chi connectivity index (χ3n) is 2.49. The van der Waals surface area contributed by atoms with Crippen LogP contribution in [0.4, 0.5) is 17.3 Å². The molecule has 106 valence electrons. The molecule has 1 aliphatic heterocycles. The van der Waals surface area contributed by atoms with E-state index in [0.717, 1.165) is 6.54 Å². The van der Waals surface area contributed by atoms with E-state index >= 15 is 0 Å². The lowest BCUT2D eigenvalue weighted by atomic mass is 10.2. The van der Waals surface area contributed by atoms with Gasteiger partial charge in [0.2, 0.25) is 0 Å². The van der Waals surface area contributed by atoms with Gasteiger partial charge in [0.15, 0.2) is 0 Å². The van der Waals surface area contributed by atoms with Crippen molar-refractivity contribution in [3.05, 3.63) is 23.9 Å². The molecule has 0 radical (unpaired) electrons. The summed E-state index contributed by atoms with van der Waals surface area (Å²) in [6.45, 7) is 6.74. The van der Waals surface area contributed by atoms with Gasteiger partial charge in [0.1, 0.15) is 0 Å². The first-order valence-electron chi connectivity index (χ1n) is 6.29. The summed E-state index contributed by atoms with van der Waals surface area (Å²) in [5.74, 6) is 0. The van der Waals surface area contributed by atoms with Crippen LogP contribution in [-0.4, -0.2) is 25.2 Å². The van der Waals surface area contributed by atoms with E-state index in [1.807, 2.05) is 0 Å². The largest absolute Gasteiger partial charge is 0.673 e. The van der Waals surface area contributed by atoms with Crippen molar-refractivity contribution >= 4 is 7.25 Å². The minimum absolute atomic E-state index is 1.11. The lowest BCUT2D eigenvalue weighted by Crippen LogP contribution is -2.20. The quantitative estimate of drug-likeness (QED) is 0.398. The van der Waals surface area contributed by atoms with Crippen LogP contribution >= 0.6 is 0 Å². The van der Waals surface area contributed by atoms with Crippen molar-refractivity contribution in [3.63, 3.8) is 0 Å². The standard InChI is InChI=1S/C12H21N.BF4/c1-3-4-5-6-9-13-10-7-12(2)8-11-13;2-1(3,4)5/h7-8,10H,3-6,9,11H2,1-2H3;/q;-1. The molecule has 0 saturated carbocycles. The molecule has 0 amide bonds. The monoisotopic (exact) mass is 266 g/mol. The molecule has 1 heterocycles. The molecule has 1 nitrogen and oxygen atoms in total. The van der Waals surface area contributed by atoms with E-state index in [4.69, 9.17) is 0 Å². The molecule has 6 heteroatoms. The molecule has 1 rings (SSSR count). The minimum Gasteiger partial charge on any atom is -0.418 e. The molecule has 0 bridgehead atoms. The Hall–Kier alpha value is -0.935. The molecular weight excluding hydrogens is 245 g/mol. The maximum Gasteiger partial charge on any atom is 0.673 e. The lowest BCUT2D eigenvalue weighted by Gasteiger charge is -2.21. The smallest absolute Gasteiger partial charge is 0.418 e. The average Bonchev–Trinajstić information content (AvgIpc) is 2.25. The first-order chi connectivity index (χ1) is 8.33. The molecular formula is C12H21BF4N-. The van der Waals surface area contributed by atoms with E-state index < -0.39 is 7.25 Å². The number of halogens is 4. The van der Waals surface area contributed by atoms with E-state index in [1.165, 1.54) is 37.8 Å². The van der Waals surface area contributed by atoms with Gasteiger partial charge in [0.05, 0.1) is 0 Å². The second-order valence-electron chi connectivity index (χ2n) is 4.31. The first kappa shape index (κ1) is 17.1. The Kier molecular flexibility index (Phi) is 8.59. The van der Waals surface area contributed by atoms with E-state index in [-0.39, 0.29) is 0 Å². The van der Waals surface area contributed by atoms with Gasteiger partial charge in [-0.1, -0.05) is 37.8 Å². The van der Waals surface area contributed by atoms with E-state index in [1.54, 1.807) is 0 Å². The van der Waals surface area contributed by atoms with Crippen LogP contribution in [0.15, 0.2) is 23.9 Å². The molecule has 0 saturated heterocycles. The predicted octanol–water partition coefficient (Wildman–Crippen LogP) is 4.64. The van der Waals surface area contributed by atoms with Gasteiger partial charge in [-0.25, -0.2) is 0 Å². The summed E-state index contributed by atoms with van der Waals surface area (Å²) < 4.78 is 39.0. The van der Waals surface area contributed by atoms with Gasteiger partial charge in [-0.3, -0.25) is 0 Å². The van der Waals surface area contributed by atoms with Crippen LogP contribution in [0.25, 0.3) is 0 Å². The van der Waals surface area contributed by atoms with Crippen LogP contribution in [0.1, 0.15) is 39.5 Å². The molecule has 0 unspecified atom stereocenters. The molecule has 0 aromatic rings. The van der Waals surface area contributed by atoms with Gasteiger partial charge >= 0.3 is 7.25 Å². The molecule has 0 aromatic heterocycles. The van der Waals surface area contributed by atoms with Gasteiger partial charge in [-0.2, -0.15) is 0 Å². The number of nitrogens with zero attached hydrogens (tertiary/aromatic N) is 1. The first-order valence-corrected chi connectivity index (χ1v) is 6.29. The van der Waals surface area contributed by atoms with E-state index in [0.29, 0.717) is 0 Å². The fourth-order valence-corrected chi connectivity index (χ4v) is 1.52. The van der Waals surface area contributed by atoms with Crippen LogP contribution in [0.2, 0.25) is 0 Å². The van der Waals surface area contributed by atoms with Crippen LogP contribution in [-0.2, 0) is 0 Å². The summed E-state index contributed by atoms with van der Waals surface area (Å²) in [6, 6.07) is 0. The molecule has 18 heavy (non-hydrogen) atoms.